The molecule has 0 aromatic heterocycles. The molecule has 0 aliphatic carbocycles. The van der Waals surface area contributed by atoms with Crippen LogP contribution in [0.3, 0.4) is 0 Å². The third-order valence-electron chi connectivity index (χ3n) is 22.5. The Hall–Kier alpha value is -5.05. The lowest BCUT2D eigenvalue weighted by atomic mass is 9.86. The minimum Gasteiger partial charge on any atom is -0.477 e. The summed E-state index contributed by atoms with van der Waals surface area (Å²) in [5.41, 5.74) is 0. The zero-order valence-electron chi connectivity index (χ0n) is 69.4. The van der Waals surface area contributed by atoms with Gasteiger partial charge in [0, 0.05) is 46.5 Å². The van der Waals surface area contributed by atoms with Gasteiger partial charge in [0.15, 0.2) is 12.6 Å². The summed E-state index contributed by atoms with van der Waals surface area (Å²) in [5, 5.41) is 235. The van der Waals surface area contributed by atoms with Crippen LogP contribution in [-0.4, -0.2) is 366 Å². The first-order valence-corrected chi connectivity index (χ1v) is 42.3. The number of hydrogen-bond donors (Lipinski definition) is 24. The number of hydrogen-bond acceptors (Lipinski definition) is 34. The minimum atomic E-state index is -3.57. The highest BCUT2D eigenvalue weighted by molar-refractivity contribution is 5.79. The topological polar surface area (TPSA) is 665 Å². The van der Waals surface area contributed by atoms with E-state index in [1.807, 2.05) is 0 Å². The summed E-state index contributed by atoms with van der Waals surface area (Å²) >= 11 is 0. The Morgan fingerprint density at radius 3 is 1.23 bits per heavy atom. The summed E-state index contributed by atoms with van der Waals surface area (Å²) in [4.78, 5) is 92.0. The second kappa shape index (κ2) is 52.8. The monoisotopic (exact) mass is 1730 g/mol. The van der Waals surface area contributed by atoms with Gasteiger partial charge in [-0.1, -0.05) is 167 Å². The summed E-state index contributed by atoms with van der Waals surface area (Å²) in [5.74, 6) is -20.6. The predicted octanol–water partition coefficient (Wildman–Crippen LogP) is -3.27. The van der Waals surface area contributed by atoms with Crippen LogP contribution >= 0.6 is 0 Å². The van der Waals surface area contributed by atoms with E-state index in [2.05, 4.69) is 35.1 Å². The van der Waals surface area contributed by atoms with Gasteiger partial charge in [0.2, 0.25) is 23.6 Å². The van der Waals surface area contributed by atoms with E-state index in [0.717, 1.165) is 85.0 Å². The van der Waals surface area contributed by atoms with Crippen LogP contribution in [0.1, 0.15) is 221 Å². The second-order valence-electron chi connectivity index (χ2n) is 32.2. The largest absolute Gasteiger partial charge is 0.477 e. The van der Waals surface area contributed by atoms with Crippen molar-refractivity contribution in [2.24, 2.45) is 0 Å². The fraction of sp³-hybridized carbons (Fsp3) is 0.886. The molecule has 0 radical (unpaired) electrons. The van der Waals surface area contributed by atoms with Crippen LogP contribution in [0.25, 0.3) is 0 Å². The quantitative estimate of drug-likeness (QED) is 0.0210. The van der Waals surface area contributed by atoms with Crippen LogP contribution in [-0.2, 0) is 80.9 Å². The fourth-order valence-corrected chi connectivity index (χ4v) is 15.8. The van der Waals surface area contributed by atoms with Gasteiger partial charge in [-0.3, -0.25) is 19.2 Å². The van der Waals surface area contributed by atoms with E-state index in [0.29, 0.717) is 12.8 Å². The van der Waals surface area contributed by atoms with Crippen molar-refractivity contribution in [1.29, 1.82) is 0 Å². The number of aliphatic carboxylic acids is 3. The number of carbonyl (C=O) groups is 7. The normalized spacial score (nSPS) is 33.1. The van der Waals surface area contributed by atoms with E-state index in [1.54, 1.807) is 6.08 Å². The highest BCUT2D eigenvalue weighted by Crippen LogP contribution is 2.43. The summed E-state index contributed by atoms with van der Waals surface area (Å²) in [6.45, 7) is -0.104. The molecule has 41 nitrogen and oxygen atoms in total. The number of ether oxygens (including phenoxy) is 10. The highest BCUT2D eigenvalue weighted by Gasteiger charge is 2.64. The van der Waals surface area contributed by atoms with Crippen LogP contribution in [0.5, 0.6) is 0 Å². The van der Waals surface area contributed by atoms with Gasteiger partial charge in [-0.25, -0.2) is 14.4 Å². The second-order valence-corrected chi connectivity index (χ2v) is 32.2. The van der Waals surface area contributed by atoms with E-state index in [4.69, 9.17) is 47.4 Å². The maximum Gasteiger partial charge on any atom is 0.364 e. The van der Waals surface area contributed by atoms with Gasteiger partial charge in [0.25, 0.3) is 17.4 Å². The lowest BCUT2D eigenvalue weighted by Gasteiger charge is -2.51. The Morgan fingerprint density at radius 1 is 0.450 bits per heavy atom. The fourth-order valence-electron chi connectivity index (χ4n) is 15.8. The van der Waals surface area contributed by atoms with Gasteiger partial charge >= 0.3 is 17.9 Å². The van der Waals surface area contributed by atoms with E-state index >= 15 is 0 Å². The molecule has 5 aliphatic heterocycles. The molecule has 3 unspecified atom stereocenters. The SMILES string of the molecule is CCCCCCCCCCCCCC=C[C@@H](O)[C@H](CO[C@@H]1O[C@H](CO)[C@@H](O[C@@H]2O[C@H](CO)[C@H](O)[C@H](O[C@]3(C(=O)O)C[C@H](O)[C@@H](NC(C)=O)C([C@H](O)[C@@H](CO)O[C@]4(C(=O)O)C[C@H](O)[C@@H](NC(C)=O)C([C@H](O)[C@@H](CO)O[C@]5(C(=O)O)C[C@H](O)[C@@H](NC(C)=O)C([C@H](O)[C@H](O)CO)O5)O4)O3)[C@H]2O)[C@H](O)[C@H]1O)NC(=O)CCCCCCCCCCCCCCC. The smallest absolute Gasteiger partial charge is 0.364 e. The van der Waals surface area contributed by atoms with Crippen molar-refractivity contribution in [3.63, 3.8) is 0 Å². The zero-order valence-corrected chi connectivity index (χ0v) is 69.4. The first-order valence-electron chi connectivity index (χ1n) is 42.3. The van der Waals surface area contributed by atoms with Crippen LogP contribution < -0.4 is 21.3 Å². The number of carbonyl (C=O) groups excluding carboxylic acids is 4. The van der Waals surface area contributed by atoms with Gasteiger partial charge in [-0.05, 0) is 19.3 Å². The number of amides is 4. The molecule has 5 rings (SSSR count). The molecule has 120 heavy (non-hydrogen) atoms. The van der Waals surface area contributed by atoms with E-state index in [1.165, 1.54) is 89.5 Å². The van der Waals surface area contributed by atoms with Crippen molar-refractivity contribution in [1.82, 2.24) is 21.3 Å². The molecule has 5 fully saturated rings. The number of allylic oxidation sites excluding steroid dienone is 1. The summed E-state index contributed by atoms with van der Waals surface area (Å²) < 4.78 is 58.1. The molecular formula is C79H138N4O37. The van der Waals surface area contributed by atoms with Crippen LogP contribution in [0.2, 0.25) is 0 Å². The number of nitrogens with one attached hydrogen (secondary N) is 4. The summed E-state index contributed by atoms with van der Waals surface area (Å²) in [6, 6.07) is -7.02. The number of rotatable bonds is 57. The van der Waals surface area contributed by atoms with Crippen molar-refractivity contribution < 1.29 is 183 Å². The number of carboxylic acids is 3. The van der Waals surface area contributed by atoms with Crippen LogP contribution in [0.15, 0.2) is 12.2 Å². The Labute approximate surface area is 698 Å². The molecule has 30 atom stereocenters. The maximum absolute atomic E-state index is 13.8. The highest BCUT2D eigenvalue weighted by atomic mass is 16.8. The average molecular weight is 1740 g/mol. The lowest BCUT2D eigenvalue weighted by Crippen LogP contribution is -2.72. The number of carboxylic acid groups (broad SMARTS) is 3. The molecule has 5 aliphatic rings. The molecule has 41 heteroatoms. The van der Waals surface area contributed by atoms with E-state index < -0.39 is 283 Å². The first-order chi connectivity index (χ1) is 57.0. The van der Waals surface area contributed by atoms with Crippen molar-refractivity contribution in [3.05, 3.63) is 12.2 Å². The molecule has 24 N–H and O–H groups in total. The standard InChI is InChI=1S/C79H138N4O37/c1-6-8-10-12-14-16-18-20-22-24-26-28-30-32-47(92)46(83-56(97)33-31-29-27-25-23-21-19-17-15-13-11-9-7-2)42-111-72-65(103)64(102)67(55(41-88)113-72)114-73-66(104)71(61(99)52(38-85)112-73)120-79(76(109)110)36-50(95)59(82-45(5)91)70(119-79)63(101)54(40-87)116-78(75(107)108)35-49(94)58(81-44(4)90)69(118-78)62(100)53(39-86)115-77(74(105)106)34-48(93)57(80-43(3)89)68(117-77)60(98)51(96)37-84/h30,32,46-55,57-73,84-88,92-96,98-104H,6-29,31,33-42H2,1-5H3,(H,80,89)(H,81,90)(H,82,91)(H,83,97)(H,105,106)(H,107,108)(H,109,110)/t46-,47+,48-,49-,50-,51+,52+,53+,54+,55+,57+,58+,59+,60+,61-,62+,63+,64+,65+,66+,67+,68?,69?,70?,71-,72+,73-,77+,78+,79-/m0/s1. The Bertz CT molecular complexity index is 3060. The number of aliphatic hydroxyl groups is 17. The summed E-state index contributed by atoms with van der Waals surface area (Å²) in [6.07, 6.45) is -25.2. The van der Waals surface area contributed by atoms with Crippen molar-refractivity contribution in [2.45, 2.75) is 403 Å². The van der Waals surface area contributed by atoms with Crippen LogP contribution in [0, 0.1) is 0 Å². The molecule has 5 heterocycles. The average Bonchev–Trinajstić information content (AvgIpc) is 0.738. The van der Waals surface area contributed by atoms with Crippen molar-refractivity contribution in [3.8, 4) is 0 Å². The Kier molecular flexibility index (Phi) is 46.4. The molecule has 0 bridgehead atoms. The number of unbranched alkanes of at least 4 members (excludes halogenated alkanes) is 23. The number of aliphatic hydroxyl groups excluding tert-OH is 17. The third-order valence-corrected chi connectivity index (χ3v) is 22.5. The van der Waals surface area contributed by atoms with Crippen LogP contribution in [0.4, 0.5) is 0 Å². The van der Waals surface area contributed by atoms with Gasteiger partial charge < -0.3 is 171 Å². The molecule has 696 valence electrons. The lowest BCUT2D eigenvalue weighted by molar-refractivity contribution is -0.388. The zero-order chi connectivity index (χ0) is 89.2. The maximum atomic E-state index is 13.8. The molecule has 4 amide bonds. The molecule has 5 saturated heterocycles. The molecule has 0 aromatic rings. The van der Waals surface area contributed by atoms with Gasteiger partial charge in [-0.15, -0.1) is 0 Å². The summed E-state index contributed by atoms with van der Waals surface area (Å²) in [7, 11) is 0. The first kappa shape index (κ1) is 105. The van der Waals surface area contributed by atoms with Gasteiger partial charge in [0.1, 0.15) is 104 Å². The van der Waals surface area contributed by atoms with E-state index in [-0.39, 0.29) is 6.42 Å². The molecule has 0 aromatic carbocycles. The van der Waals surface area contributed by atoms with Crippen molar-refractivity contribution in [2.75, 3.05) is 39.6 Å². The van der Waals surface area contributed by atoms with Gasteiger partial charge in [-0.2, -0.15) is 0 Å². The van der Waals surface area contributed by atoms with E-state index in [9.17, 15) is 136 Å². The Balaban J connectivity index is 1.37. The Morgan fingerprint density at radius 2 is 0.833 bits per heavy atom. The molecule has 0 spiro atoms. The predicted molar refractivity (Wildman–Crippen MR) is 415 cm³/mol. The minimum absolute atomic E-state index is 0.122. The molecule has 0 saturated carbocycles. The molecular weight excluding hydrogens is 1600 g/mol. The third kappa shape index (κ3) is 30.6. The van der Waals surface area contributed by atoms with Crippen molar-refractivity contribution >= 4 is 41.5 Å². The van der Waals surface area contributed by atoms with Gasteiger partial charge in [0.05, 0.1) is 88.2 Å².